The number of carbonyl (C=O) groups is 2. The number of piperazine rings is 1. The lowest BCUT2D eigenvalue weighted by atomic mass is 10.2. The molecular weight excluding hydrogens is 410 g/mol. The second-order valence-electron chi connectivity index (χ2n) is 7.94. The van der Waals surface area contributed by atoms with Gasteiger partial charge in [-0.2, -0.15) is 0 Å². The van der Waals surface area contributed by atoms with Gasteiger partial charge >= 0.3 is 0 Å². The summed E-state index contributed by atoms with van der Waals surface area (Å²) in [6.07, 6.45) is 1.26. The molecule has 0 bridgehead atoms. The van der Waals surface area contributed by atoms with Gasteiger partial charge in [0.05, 0.1) is 7.11 Å². The molecule has 1 saturated heterocycles. The number of ether oxygens (including phenoxy) is 3. The van der Waals surface area contributed by atoms with Crippen molar-refractivity contribution in [2.75, 3.05) is 39.9 Å². The van der Waals surface area contributed by atoms with E-state index in [1.54, 1.807) is 18.1 Å². The Labute approximate surface area is 185 Å². The van der Waals surface area contributed by atoms with Crippen molar-refractivity contribution in [1.82, 2.24) is 14.4 Å². The molecule has 1 aromatic heterocycles. The van der Waals surface area contributed by atoms with Gasteiger partial charge in [0.1, 0.15) is 18.9 Å². The predicted molar refractivity (Wildman–Crippen MR) is 118 cm³/mol. The zero-order valence-electron chi connectivity index (χ0n) is 17.9. The van der Waals surface area contributed by atoms with E-state index in [2.05, 4.69) is 0 Å². The molecule has 0 spiro atoms. The molecule has 3 aromatic rings. The largest absolute Gasteiger partial charge is 0.497 e. The molecule has 0 saturated carbocycles. The molecule has 8 nitrogen and oxygen atoms in total. The maximum Gasteiger partial charge on any atom is 0.267 e. The number of rotatable bonds is 4. The van der Waals surface area contributed by atoms with Gasteiger partial charge in [-0.3, -0.25) is 9.59 Å². The highest BCUT2D eigenvalue weighted by Crippen LogP contribution is 2.31. The third kappa shape index (κ3) is 3.84. The second-order valence-corrected chi connectivity index (χ2v) is 7.94. The monoisotopic (exact) mass is 435 g/mol. The highest BCUT2D eigenvalue weighted by molar-refractivity contribution is 5.85. The van der Waals surface area contributed by atoms with Crippen LogP contribution in [0, 0.1) is 0 Å². The third-order valence-corrected chi connectivity index (χ3v) is 6.01. The van der Waals surface area contributed by atoms with Crippen LogP contribution in [0.2, 0.25) is 0 Å². The van der Waals surface area contributed by atoms with Crippen LogP contribution in [0.25, 0.3) is 10.9 Å². The van der Waals surface area contributed by atoms with Crippen LogP contribution in [0.15, 0.2) is 54.7 Å². The van der Waals surface area contributed by atoms with E-state index in [0.717, 1.165) is 16.7 Å². The lowest BCUT2D eigenvalue weighted by Crippen LogP contribution is -2.55. The van der Waals surface area contributed by atoms with Crippen molar-refractivity contribution in [3.8, 4) is 17.2 Å². The topological polar surface area (TPSA) is 73.2 Å². The molecule has 0 aliphatic carbocycles. The van der Waals surface area contributed by atoms with Crippen molar-refractivity contribution in [2.45, 2.75) is 12.6 Å². The van der Waals surface area contributed by atoms with Gasteiger partial charge in [-0.1, -0.05) is 12.1 Å². The van der Waals surface area contributed by atoms with Crippen molar-refractivity contribution in [2.24, 2.45) is 0 Å². The van der Waals surface area contributed by atoms with Crippen molar-refractivity contribution < 1.29 is 23.8 Å². The first-order chi connectivity index (χ1) is 15.6. The molecule has 32 heavy (non-hydrogen) atoms. The summed E-state index contributed by atoms with van der Waals surface area (Å²) < 4.78 is 18.7. The maximum atomic E-state index is 12.9. The first-order valence-electron chi connectivity index (χ1n) is 10.7. The zero-order valence-corrected chi connectivity index (χ0v) is 17.9. The number of carbonyl (C=O) groups excluding carboxylic acids is 2. The fourth-order valence-electron chi connectivity index (χ4n) is 4.21. The third-order valence-electron chi connectivity index (χ3n) is 6.01. The van der Waals surface area contributed by atoms with Crippen LogP contribution in [0.5, 0.6) is 17.2 Å². The summed E-state index contributed by atoms with van der Waals surface area (Å²) in [7, 11) is 1.64. The van der Waals surface area contributed by atoms with Crippen molar-refractivity contribution >= 4 is 22.7 Å². The van der Waals surface area contributed by atoms with Gasteiger partial charge in [0, 0.05) is 43.3 Å². The van der Waals surface area contributed by atoms with E-state index in [0.29, 0.717) is 37.7 Å². The standard InChI is InChI=1S/C24H25N3O5/c1-30-18-6-7-19-17(14-18)8-9-27(19)15-23(28)25-10-12-26(13-11-25)24(29)22-16-31-20-4-2-3-5-21(20)32-22/h2-9,14,22H,10-13,15-16H2,1H3/t22-/m0/s1. The summed E-state index contributed by atoms with van der Waals surface area (Å²) in [6, 6.07) is 15.1. The van der Waals surface area contributed by atoms with Gasteiger partial charge in [0.15, 0.2) is 11.5 Å². The van der Waals surface area contributed by atoms with E-state index in [1.807, 2.05) is 58.1 Å². The number of nitrogens with zero attached hydrogens (tertiary/aromatic N) is 3. The average Bonchev–Trinajstić information content (AvgIpc) is 3.25. The van der Waals surface area contributed by atoms with Crippen LogP contribution in [-0.4, -0.2) is 72.2 Å². The molecule has 8 heteroatoms. The quantitative estimate of drug-likeness (QED) is 0.628. The predicted octanol–water partition coefficient (Wildman–Crippen LogP) is 2.16. The summed E-state index contributed by atoms with van der Waals surface area (Å²) in [5.74, 6) is 1.97. The Morgan fingerprint density at radius 1 is 1.00 bits per heavy atom. The number of hydrogen-bond donors (Lipinski definition) is 0. The van der Waals surface area contributed by atoms with Crippen LogP contribution in [-0.2, 0) is 16.1 Å². The van der Waals surface area contributed by atoms with E-state index in [-0.39, 0.29) is 25.0 Å². The summed E-state index contributed by atoms with van der Waals surface area (Å²) in [5, 5.41) is 1.03. The Morgan fingerprint density at radius 2 is 1.75 bits per heavy atom. The van der Waals surface area contributed by atoms with E-state index in [4.69, 9.17) is 14.2 Å². The Balaban J connectivity index is 1.17. The van der Waals surface area contributed by atoms with E-state index in [1.165, 1.54) is 0 Å². The number of amides is 2. The smallest absolute Gasteiger partial charge is 0.267 e. The number of hydrogen-bond acceptors (Lipinski definition) is 5. The highest BCUT2D eigenvalue weighted by Gasteiger charge is 2.33. The van der Waals surface area contributed by atoms with Crippen molar-refractivity contribution in [1.29, 1.82) is 0 Å². The van der Waals surface area contributed by atoms with Gasteiger partial charge in [-0.15, -0.1) is 0 Å². The number of aromatic nitrogens is 1. The van der Waals surface area contributed by atoms with Crippen LogP contribution < -0.4 is 14.2 Å². The summed E-state index contributed by atoms with van der Waals surface area (Å²) in [4.78, 5) is 29.3. The van der Waals surface area contributed by atoms with Crippen molar-refractivity contribution in [3.63, 3.8) is 0 Å². The van der Waals surface area contributed by atoms with Gasteiger partial charge < -0.3 is 28.6 Å². The van der Waals surface area contributed by atoms with Crippen LogP contribution >= 0.6 is 0 Å². The lowest BCUT2D eigenvalue weighted by molar-refractivity contribution is -0.146. The summed E-state index contributed by atoms with van der Waals surface area (Å²) in [6.45, 7) is 2.43. The Bertz CT molecular complexity index is 1150. The Hall–Kier alpha value is -3.68. The number of methoxy groups -OCH3 is 1. The highest BCUT2D eigenvalue weighted by atomic mass is 16.6. The molecule has 2 aromatic carbocycles. The summed E-state index contributed by atoms with van der Waals surface area (Å²) in [5.41, 5.74) is 0.989. The minimum Gasteiger partial charge on any atom is -0.497 e. The van der Waals surface area contributed by atoms with Gasteiger partial charge in [0.2, 0.25) is 12.0 Å². The molecule has 166 valence electrons. The summed E-state index contributed by atoms with van der Waals surface area (Å²) >= 11 is 0. The average molecular weight is 435 g/mol. The number of benzene rings is 2. The van der Waals surface area contributed by atoms with Crippen LogP contribution in [0.3, 0.4) is 0 Å². The molecule has 5 rings (SSSR count). The first-order valence-corrected chi connectivity index (χ1v) is 10.7. The molecule has 2 aliphatic rings. The van der Waals surface area contributed by atoms with Crippen LogP contribution in [0.4, 0.5) is 0 Å². The molecule has 0 N–H and O–H groups in total. The molecular formula is C24H25N3O5. The normalized spacial score (nSPS) is 18.0. The second kappa shape index (κ2) is 8.45. The Morgan fingerprint density at radius 3 is 2.53 bits per heavy atom. The van der Waals surface area contributed by atoms with Gasteiger partial charge in [-0.25, -0.2) is 0 Å². The minimum atomic E-state index is -0.657. The molecule has 0 radical (unpaired) electrons. The SMILES string of the molecule is COc1ccc2c(ccn2CC(=O)N2CCN(C(=O)[C@@H]3COc4ccccc4O3)CC2)c1. The first kappa shape index (κ1) is 20.2. The molecule has 1 fully saturated rings. The van der Waals surface area contributed by atoms with E-state index < -0.39 is 6.10 Å². The molecule has 0 unspecified atom stereocenters. The number of para-hydroxylation sites is 2. The molecule has 3 heterocycles. The fraction of sp³-hybridized carbons (Fsp3) is 0.333. The van der Waals surface area contributed by atoms with Gasteiger partial charge in [0.25, 0.3) is 5.91 Å². The maximum absolute atomic E-state index is 12.9. The molecule has 2 aliphatic heterocycles. The fourth-order valence-corrected chi connectivity index (χ4v) is 4.21. The molecule has 2 amide bonds. The van der Waals surface area contributed by atoms with Crippen LogP contribution in [0.1, 0.15) is 0 Å². The Kier molecular flexibility index (Phi) is 5.34. The van der Waals surface area contributed by atoms with E-state index in [9.17, 15) is 9.59 Å². The van der Waals surface area contributed by atoms with E-state index >= 15 is 0 Å². The van der Waals surface area contributed by atoms with Crippen molar-refractivity contribution in [3.05, 3.63) is 54.7 Å². The lowest BCUT2D eigenvalue weighted by Gasteiger charge is -2.37. The zero-order chi connectivity index (χ0) is 22.1. The minimum absolute atomic E-state index is 0.0385. The molecule has 1 atom stereocenters. The van der Waals surface area contributed by atoms with Gasteiger partial charge in [-0.05, 0) is 36.4 Å². The number of fused-ring (bicyclic) bond motifs is 2.